The lowest BCUT2D eigenvalue weighted by molar-refractivity contribution is 0.313. The van der Waals surface area contributed by atoms with Crippen LogP contribution >= 0.6 is 0 Å². The number of benzene rings is 1. The van der Waals surface area contributed by atoms with Gasteiger partial charge in [0.1, 0.15) is 6.61 Å². The van der Waals surface area contributed by atoms with Gasteiger partial charge in [-0.1, -0.05) is 30.0 Å². The highest BCUT2D eigenvalue weighted by Crippen LogP contribution is 2.29. The van der Waals surface area contributed by atoms with E-state index in [0.29, 0.717) is 0 Å². The zero-order valence-corrected chi connectivity index (χ0v) is 10.3. The largest absolute Gasteiger partial charge is 0.384 e. The van der Waals surface area contributed by atoms with Crippen LogP contribution in [0.4, 0.5) is 0 Å². The van der Waals surface area contributed by atoms with Crippen molar-refractivity contribution in [3.05, 3.63) is 35.4 Å². The quantitative estimate of drug-likeness (QED) is 0.797. The Morgan fingerprint density at radius 2 is 2.12 bits per heavy atom. The van der Waals surface area contributed by atoms with Crippen LogP contribution in [-0.4, -0.2) is 30.2 Å². The number of aliphatic hydroxyl groups excluding tert-OH is 1. The molecule has 90 valence electrons. The maximum atomic E-state index is 8.74. The molecule has 0 heterocycles. The summed E-state index contributed by atoms with van der Waals surface area (Å²) in [7, 11) is 2.16. The maximum absolute atomic E-state index is 8.74. The monoisotopic (exact) mass is 229 g/mol. The Morgan fingerprint density at radius 3 is 2.82 bits per heavy atom. The molecule has 17 heavy (non-hydrogen) atoms. The summed E-state index contributed by atoms with van der Waals surface area (Å²) in [4.78, 5) is 2.36. The van der Waals surface area contributed by atoms with Crippen LogP contribution in [0.3, 0.4) is 0 Å². The molecular formula is C15H19NO. The minimum atomic E-state index is -0.0771. The molecular weight excluding hydrogens is 210 g/mol. The van der Waals surface area contributed by atoms with Crippen molar-refractivity contribution in [3.63, 3.8) is 0 Å². The van der Waals surface area contributed by atoms with Crippen LogP contribution < -0.4 is 0 Å². The lowest BCUT2D eigenvalue weighted by Crippen LogP contribution is -2.20. The van der Waals surface area contributed by atoms with Gasteiger partial charge in [-0.05, 0) is 37.4 Å². The smallest absolute Gasteiger partial charge is 0.104 e. The lowest BCUT2D eigenvalue weighted by Gasteiger charge is -2.17. The fourth-order valence-electron chi connectivity index (χ4n) is 2.01. The summed E-state index contributed by atoms with van der Waals surface area (Å²) in [6.45, 7) is 2.04. The van der Waals surface area contributed by atoms with Crippen molar-refractivity contribution in [3.8, 4) is 11.8 Å². The first-order chi connectivity index (χ1) is 8.29. The van der Waals surface area contributed by atoms with Crippen LogP contribution in [0, 0.1) is 17.8 Å². The second-order valence-electron chi connectivity index (χ2n) is 4.76. The SMILES string of the molecule is CN(Cc1ccccc1C#CCO)CC1CC1. The van der Waals surface area contributed by atoms with Crippen molar-refractivity contribution in [2.75, 3.05) is 20.2 Å². The molecule has 2 nitrogen and oxygen atoms in total. The van der Waals surface area contributed by atoms with Gasteiger partial charge < -0.3 is 10.0 Å². The van der Waals surface area contributed by atoms with Crippen LogP contribution in [0.25, 0.3) is 0 Å². The van der Waals surface area contributed by atoms with Crippen molar-refractivity contribution >= 4 is 0 Å². The molecule has 0 atom stereocenters. The summed E-state index contributed by atoms with van der Waals surface area (Å²) in [5, 5.41) is 8.74. The summed E-state index contributed by atoms with van der Waals surface area (Å²) < 4.78 is 0. The number of aliphatic hydroxyl groups is 1. The van der Waals surface area contributed by atoms with E-state index in [9.17, 15) is 0 Å². The zero-order chi connectivity index (χ0) is 12.1. The van der Waals surface area contributed by atoms with E-state index in [1.165, 1.54) is 24.9 Å². The number of hydrogen-bond acceptors (Lipinski definition) is 2. The van der Waals surface area contributed by atoms with Crippen LogP contribution in [0.1, 0.15) is 24.0 Å². The van der Waals surface area contributed by atoms with Gasteiger partial charge in [0.05, 0.1) is 0 Å². The van der Waals surface area contributed by atoms with Crippen LogP contribution in [0.5, 0.6) is 0 Å². The minimum absolute atomic E-state index is 0.0771. The van der Waals surface area contributed by atoms with Gasteiger partial charge in [-0.2, -0.15) is 0 Å². The van der Waals surface area contributed by atoms with E-state index in [4.69, 9.17) is 5.11 Å². The van der Waals surface area contributed by atoms with Crippen molar-refractivity contribution in [2.45, 2.75) is 19.4 Å². The minimum Gasteiger partial charge on any atom is -0.384 e. The summed E-state index contributed by atoms with van der Waals surface area (Å²) in [5.41, 5.74) is 2.28. The Bertz CT molecular complexity index is 426. The van der Waals surface area contributed by atoms with E-state index in [-0.39, 0.29) is 6.61 Å². The van der Waals surface area contributed by atoms with Gasteiger partial charge in [0.2, 0.25) is 0 Å². The fourth-order valence-corrected chi connectivity index (χ4v) is 2.01. The number of nitrogens with zero attached hydrogens (tertiary/aromatic N) is 1. The van der Waals surface area contributed by atoms with Crippen molar-refractivity contribution in [1.29, 1.82) is 0 Å². The highest BCUT2D eigenvalue weighted by molar-refractivity contribution is 5.41. The molecule has 0 saturated heterocycles. The van der Waals surface area contributed by atoms with E-state index in [1.54, 1.807) is 0 Å². The Hall–Kier alpha value is -1.30. The first-order valence-corrected chi connectivity index (χ1v) is 6.16. The van der Waals surface area contributed by atoms with Gasteiger partial charge in [0.15, 0.2) is 0 Å². The molecule has 0 aromatic heterocycles. The van der Waals surface area contributed by atoms with Gasteiger partial charge in [0, 0.05) is 18.7 Å². The lowest BCUT2D eigenvalue weighted by atomic mass is 10.1. The first-order valence-electron chi connectivity index (χ1n) is 6.16. The molecule has 0 spiro atoms. The summed E-state index contributed by atoms with van der Waals surface area (Å²) >= 11 is 0. The zero-order valence-electron chi connectivity index (χ0n) is 10.3. The highest BCUT2D eigenvalue weighted by atomic mass is 16.2. The molecule has 0 amide bonds. The fraction of sp³-hybridized carbons (Fsp3) is 0.467. The normalized spacial score (nSPS) is 14.5. The molecule has 1 fully saturated rings. The van der Waals surface area contributed by atoms with Crippen molar-refractivity contribution in [2.24, 2.45) is 5.92 Å². The van der Waals surface area contributed by atoms with Crippen molar-refractivity contribution in [1.82, 2.24) is 4.90 Å². The molecule has 1 N–H and O–H groups in total. The molecule has 0 bridgehead atoms. The molecule has 2 rings (SSSR count). The highest BCUT2D eigenvalue weighted by Gasteiger charge is 2.22. The topological polar surface area (TPSA) is 23.5 Å². The van der Waals surface area contributed by atoms with Crippen LogP contribution in [0.15, 0.2) is 24.3 Å². The summed E-state index contributed by atoms with van der Waals surface area (Å²) in [5.74, 6) is 6.64. The average molecular weight is 229 g/mol. The third-order valence-electron chi connectivity index (χ3n) is 3.03. The average Bonchev–Trinajstić information content (AvgIpc) is 3.11. The van der Waals surface area contributed by atoms with Crippen LogP contribution in [0.2, 0.25) is 0 Å². The van der Waals surface area contributed by atoms with Gasteiger partial charge in [-0.3, -0.25) is 0 Å². The molecule has 1 saturated carbocycles. The Kier molecular flexibility index (Phi) is 4.19. The molecule has 0 unspecified atom stereocenters. The predicted molar refractivity (Wildman–Crippen MR) is 69.5 cm³/mol. The Balaban J connectivity index is 2.02. The Labute approximate surface area is 103 Å². The van der Waals surface area contributed by atoms with E-state index in [2.05, 4.69) is 29.9 Å². The molecule has 2 heteroatoms. The number of hydrogen-bond donors (Lipinski definition) is 1. The van der Waals surface area contributed by atoms with Crippen molar-refractivity contribution < 1.29 is 5.11 Å². The Morgan fingerprint density at radius 1 is 1.35 bits per heavy atom. The summed E-state index contributed by atoms with van der Waals surface area (Å²) in [6, 6.07) is 8.17. The molecule has 0 radical (unpaired) electrons. The van der Waals surface area contributed by atoms with Gasteiger partial charge in [-0.25, -0.2) is 0 Å². The molecule has 1 aliphatic carbocycles. The third-order valence-corrected chi connectivity index (χ3v) is 3.03. The third kappa shape index (κ3) is 3.89. The summed E-state index contributed by atoms with van der Waals surface area (Å²) in [6.07, 6.45) is 2.77. The molecule has 0 aliphatic heterocycles. The molecule has 1 aromatic carbocycles. The van der Waals surface area contributed by atoms with E-state index in [1.807, 2.05) is 18.2 Å². The van der Waals surface area contributed by atoms with Gasteiger partial charge >= 0.3 is 0 Å². The van der Waals surface area contributed by atoms with E-state index < -0.39 is 0 Å². The molecule has 1 aromatic rings. The maximum Gasteiger partial charge on any atom is 0.104 e. The molecule has 1 aliphatic rings. The number of rotatable bonds is 4. The van der Waals surface area contributed by atoms with Crippen LogP contribution in [-0.2, 0) is 6.54 Å². The van der Waals surface area contributed by atoms with E-state index >= 15 is 0 Å². The van der Waals surface area contributed by atoms with E-state index in [0.717, 1.165) is 18.0 Å². The van der Waals surface area contributed by atoms with Gasteiger partial charge in [-0.15, -0.1) is 0 Å². The predicted octanol–water partition coefficient (Wildman–Crippen LogP) is 1.87. The first kappa shape index (κ1) is 12.2. The standard InChI is InChI=1S/C15H19NO/c1-16(11-13-8-9-13)12-15-6-3-2-5-14(15)7-4-10-17/h2-3,5-6,13,17H,8-12H2,1H3. The second-order valence-corrected chi connectivity index (χ2v) is 4.76. The van der Waals surface area contributed by atoms with Gasteiger partial charge in [0.25, 0.3) is 0 Å². The second kappa shape index (κ2) is 5.86.